The lowest BCUT2D eigenvalue weighted by atomic mass is 9.97. The van der Waals surface area contributed by atoms with Gasteiger partial charge in [-0.2, -0.15) is 0 Å². The van der Waals surface area contributed by atoms with E-state index in [1.54, 1.807) is 31.3 Å². The Balaban J connectivity index is 1.69. The number of amides is 1. The molecule has 0 unspecified atom stereocenters. The molecule has 1 saturated heterocycles. The van der Waals surface area contributed by atoms with Crippen LogP contribution in [-0.4, -0.2) is 49.2 Å². The Hall–Kier alpha value is -2.12. The van der Waals surface area contributed by atoms with Crippen LogP contribution in [0.1, 0.15) is 12.8 Å². The fourth-order valence-electron chi connectivity index (χ4n) is 3.01. The average molecular weight is 372 g/mol. The summed E-state index contributed by atoms with van der Waals surface area (Å²) in [5.74, 6) is 0.917. The van der Waals surface area contributed by atoms with Crippen molar-refractivity contribution in [3.8, 4) is 0 Å². The highest BCUT2D eigenvalue weighted by atomic mass is 32.2. The molecule has 1 aromatic heterocycles. The molecule has 2 heterocycles. The Kier molecular flexibility index (Phi) is 6.85. The number of piperidine rings is 1. The number of rotatable bonds is 7. The summed E-state index contributed by atoms with van der Waals surface area (Å²) in [5.41, 5.74) is 0. The highest BCUT2D eigenvalue weighted by Gasteiger charge is 2.27. The smallest absolute Gasteiger partial charge is 0.224 e. The topological polar surface area (TPSA) is 67.3 Å². The lowest BCUT2D eigenvalue weighted by Gasteiger charge is -2.33. The summed E-state index contributed by atoms with van der Waals surface area (Å²) in [4.78, 5) is 24.8. The Morgan fingerprint density at radius 1 is 1.31 bits per heavy atom. The van der Waals surface area contributed by atoms with Crippen LogP contribution >= 0.6 is 11.8 Å². The van der Waals surface area contributed by atoms with Crippen molar-refractivity contribution >= 4 is 23.5 Å². The van der Waals surface area contributed by atoms with Crippen molar-refractivity contribution in [2.24, 2.45) is 5.92 Å². The highest BCUT2D eigenvalue weighted by molar-refractivity contribution is 7.99. The van der Waals surface area contributed by atoms with Crippen LogP contribution < -0.4 is 10.2 Å². The molecule has 7 heteroatoms. The van der Waals surface area contributed by atoms with Crippen molar-refractivity contribution in [3.05, 3.63) is 42.7 Å². The van der Waals surface area contributed by atoms with Crippen molar-refractivity contribution in [2.75, 3.05) is 38.3 Å². The maximum atomic E-state index is 12.4. The molecule has 1 amide bonds. The Bertz CT molecular complexity index is 714. The molecular weight excluding hydrogens is 348 g/mol. The van der Waals surface area contributed by atoms with Crippen LogP contribution in [0.25, 0.3) is 0 Å². The van der Waals surface area contributed by atoms with Crippen LogP contribution in [-0.2, 0) is 9.53 Å². The molecule has 0 radical (unpaired) electrons. The summed E-state index contributed by atoms with van der Waals surface area (Å²) < 4.78 is 5.00. The largest absolute Gasteiger partial charge is 0.383 e. The van der Waals surface area contributed by atoms with Crippen molar-refractivity contribution in [1.82, 2.24) is 15.3 Å². The van der Waals surface area contributed by atoms with E-state index < -0.39 is 0 Å². The maximum Gasteiger partial charge on any atom is 0.224 e. The number of hydrogen-bond acceptors (Lipinski definition) is 6. The number of ether oxygens (including phenoxy) is 1. The first-order chi connectivity index (χ1) is 12.8. The number of anilines is 1. The Labute approximate surface area is 158 Å². The second-order valence-corrected chi connectivity index (χ2v) is 7.23. The molecule has 1 atom stereocenters. The number of hydrogen-bond donors (Lipinski definition) is 1. The first-order valence-corrected chi connectivity index (χ1v) is 9.65. The molecule has 0 spiro atoms. The molecule has 1 aliphatic rings. The van der Waals surface area contributed by atoms with Crippen LogP contribution in [0, 0.1) is 5.92 Å². The van der Waals surface area contributed by atoms with Gasteiger partial charge in [-0.05, 0) is 25.0 Å². The van der Waals surface area contributed by atoms with Crippen molar-refractivity contribution < 1.29 is 9.53 Å². The van der Waals surface area contributed by atoms with Crippen LogP contribution in [0.2, 0.25) is 0 Å². The van der Waals surface area contributed by atoms with Crippen LogP contribution in [0.4, 0.5) is 5.82 Å². The van der Waals surface area contributed by atoms with Gasteiger partial charge in [-0.15, -0.1) is 0 Å². The first kappa shape index (κ1) is 18.7. The van der Waals surface area contributed by atoms with Gasteiger partial charge in [0.2, 0.25) is 5.91 Å². The summed E-state index contributed by atoms with van der Waals surface area (Å²) in [7, 11) is 1.63. The van der Waals surface area contributed by atoms with E-state index in [9.17, 15) is 4.79 Å². The zero-order valence-corrected chi connectivity index (χ0v) is 15.7. The van der Waals surface area contributed by atoms with Gasteiger partial charge in [-0.25, -0.2) is 9.97 Å². The predicted molar refractivity (Wildman–Crippen MR) is 102 cm³/mol. The fourth-order valence-corrected chi connectivity index (χ4v) is 3.91. The minimum Gasteiger partial charge on any atom is -0.383 e. The molecule has 0 bridgehead atoms. The summed E-state index contributed by atoms with van der Waals surface area (Å²) in [6.45, 7) is 2.64. The summed E-state index contributed by atoms with van der Waals surface area (Å²) in [6.07, 6.45) is 5.30. The monoisotopic (exact) mass is 372 g/mol. The Morgan fingerprint density at radius 2 is 2.12 bits per heavy atom. The normalized spacial score (nSPS) is 17.1. The molecule has 1 aliphatic heterocycles. The van der Waals surface area contributed by atoms with Gasteiger partial charge in [-0.3, -0.25) is 4.79 Å². The van der Waals surface area contributed by atoms with Crippen molar-refractivity contribution in [2.45, 2.75) is 22.8 Å². The SMILES string of the molecule is COCCNC(=O)[C@H]1CCCN(c2nccnc2Sc2ccccc2)C1. The molecule has 1 N–H and O–H groups in total. The third kappa shape index (κ3) is 4.95. The fraction of sp³-hybridized carbons (Fsp3) is 0.421. The highest BCUT2D eigenvalue weighted by Crippen LogP contribution is 2.33. The third-order valence-electron chi connectivity index (χ3n) is 4.30. The van der Waals surface area contributed by atoms with Gasteiger partial charge in [0.1, 0.15) is 5.03 Å². The molecule has 1 aromatic carbocycles. The quantitative estimate of drug-likeness (QED) is 0.754. The maximum absolute atomic E-state index is 12.4. The second kappa shape index (κ2) is 9.54. The predicted octanol–water partition coefficient (Wildman–Crippen LogP) is 2.61. The molecule has 6 nitrogen and oxygen atoms in total. The van der Waals surface area contributed by atoms with Gasteiger partial charge < -0.3 is 15.0 Å². The number of nitrogens with zero attached hydrogens (tertiary/aromatic N) is 3. The molecular formula is C19H24N4O2S. The van der Waals surface area contributed by atoms with Gasteiger partial charge in [0.05, 0.1) is 12.5 Å². The molecule has 0 saturated carbocycles. The standard InChI is InChI=1S/C19H24N4O2S/c1-25-13-11-21-18(24)15-6-5-12-23(14-15)17-19(22-10-9-20-17)26-16-7-3-2-4-8-16/h2-4,7-10,15H,5-6,11-14H2,1H3,(H,21,24)/t15-/m0/s1. The van der Waals surface area contributed by atoms with Crippen molar-refractivity contribution in [1.29, 1.82) is 0 Å². The molecule has 26 heavy (non-hydrogen) atoms. The molecule has 138 valence electrons. The van der Waals surface area contributed by atoms with Crippen molar-refractivity contribution in [3.63, 3.8) is 0 Å². The number of aromatic nitrogens is 2. The molecule has 3 rings (SSSR count). The number of carbonyl (C=O) groups is 1. The second-order valence-electron chi connectivity index (χ2n) is 6.17. The van der Waals surface area contributed by atoms with Gasteiger partial charge in [-0.1, -0.05) is 30.0 Å². The van der Waals surface area contributed by atoms with E-state index in [1.165, 1.54) is 0 Å². The van der Waals surface area contributed by atoms with E-state index in [0.29, 0.717) is 19.7 Å². The van der Waals surface area contributed by atoms with E-state index in [4.69, 9.17) is 4.74 Å². The minimum absolute atomic E-state index is 0.0304. The summed E-state index contributed by atoms with van der Waals surface area (Å²) in [6, 6.07) is 10.1. The van der Waals surface area contributed by atoms with E-state index in [-0.39, 0.29) is 11.8 Å². The van der Waals surface area contributed by atoms with Crippen LogP contribution in [0.15, 0.2) is 52.6 Å². The minimum atomic E-state index is -0.0304. The average Bonchev–Trinajstić information content (AvgIpc) is 2.69. The number of benzene rings is 1. The van der Waals surface area contributed by atoms with Gasteiger partial charge in [0.25, 0.3) is 0 Å². The third-order valence-corrected chi connectivity index (χ3v) is 5.29. The van der Waals surface area contributed by atoms with E-state index in [2.05, 4.69) is 32.3 Å². The number of methoxy groups -OCH3 is 1. The molecule has 1 fully saturated rings. The van der Waals surface area contributed by atoms with E-state index >= 15 is 0 Å². The van der Waals surface area contributed by atoms with Gasteiger partial charge in [0.15, 0.2) is 5.82 Å². The van der Waals surface area contributed by atoms with Crippen LogP contribution in [0.3, 0.4) is 0 Å². The first-order valence-electron chi connectivity index (χ1n) is 8.83. The molecule has 2 aromatic rings. The summed E-state index contributed by atoms with van der Waals surface area (Å²) in [5, 5.41) is 3.82. The van der Waals surface area contributed by atoms with Gasteiger partial charge >= 0.3 is 0 Å². The van der Waals surface area contributed by atoms with Gasteiger partial charge in [0, 0.05) is 44.0 Å². The lowest BCUT2D eigenvalue weighted by molar-refractivity contribution is -0.125. The zero-order valence-electron chi connectivity index (χ0n) is 14.9. The number of carbonyl (C=O) groups excluding carboxylic acids is 1. The number of nitrogens with one attached hydrogen (secondary N) is 1. The van der Waals surface area contributed by atoms with E-state index in [1.807, 2.05) is 18.2 Å². The summed E-state index contributed by atoms with van der Waals surface area (Å²) >= 11 is 1.60. The lowest BCUT2D eigenvalue weighted by Crippen LogP contribution is -2.44. The van der Waals surface area contributed by atoms with Crippen LogP contribution in [0.5, 0.6) is 0 Å². The zero-order chi connectivity index (χ0) is 18.2. The Morgan fingerprint density at radius 3 is 2.92 bits per heavy atom. The van der Waals surface area contributed by atoms with E-state index in [0.717, 1.165) is 35.1 Å². The molecule has 0 aliphatic carbocycles.